The average molecular weight is 240 g/mol. The maximum atomic E-state index is 4.47. The van der Waals surface area contributed by atoms with Gasteiger partial charge in [-0.2, -0.15) is 4.37 Å². The number of aromatic nitrogens is 2. The number of hydrogen-bond donors (Lipinski definition) is 2. The number of nitrogens with one attached hydrogen (secondary N) is 2. The summed E-state index contributed by atoms with van der Waals surface area (Å²) >= 11 is 1.48. The lowest BCUT2D eigenvalue weighted by Gasteiger charge is -2.22. The predicted octanol–water partition coefficient (Wildman–Crippen LogP) is 2.07. The number of nitrogens with zero attached hydrogens (tertiary/aromatic N) is 2. The van der Waals surface area contributed by atoms with E-state index in [1.807, 2.05) is 0 Å². The highest BCUT2D eigenvalue weighted by Gasteiger charge is 2.13. The largest absolute Gasteiger partial charge is 0.360 e. The van der Waals surface area contributed by atoms with Gasteiger partial charge in [0.2, 0.25) is 5.13 Å². The molecule has 2 heterocycles. The Bertz CT molecular complexity index is 318. The molecule has 1 saturated heterocycles. The van der Waals surface area contributed by atoms with Gasteiger partial charge in [-0.3, -0.25) is 0 Å². The fourth-order valence-corrected chi connectivity index (χ4v) is 2.57. The fraction of sp³-hybridized carbons (Fsp3) is 0.818. The van der Waals surface area contributed by atoms with Gasteiger partial charge in [-0.15, -0.1) is 0 Å². The van der Waals surface area contributed by atoms with E-state index < -0.39 is 0 Å². The lowest BCUT2D eigenvalue weighted by Crippen LogP contribution is -2.31. The van der Waals surface area contributed by atoms with Crippen LogP contribution in [0.1, 0.15) is 38.4 Å². The number of anilines is 1. The van der Waals surface area contributed by atoms with E-state index in [0.717, 1.165) is 36.5 Å². The summed E-state index contributed by atoms with van der Waals surface area (Å²) in [6.45, 7) is 7.59. The van der Waals surface area contributed by atoms with Crippen LogP contribution in [0.3, 0.4) is 0 Å². The quantitative estimate of drug-likeness (QED) is 0.846. The van der Waals surface area contributed by atoms with Crippen molar-refractivity contribution in [2.75, 3.05) is 25.0 Å². The summed E-state index contributed by atoms with van der Waals surface area (Å²) in [7, 11) is 0. The molecule has 1 aliphatic rings. The zero-order valence-electron chi connectivity index (χ0n) is 9.99. The average Bonchev–Trinajstić information content (AvgIpc) is 2.76. The molecular weight excluding hydrogens is 220 g/mol. The first kappa shape index (κ1) is 11.8. The van der Waals surface area contributed by atoms with Gasteiger partial charge in [-0.25, -0.2) is 4.98 Å². The van der Waals surface area contributed by atoms with E-state index in [4.69, 9.17) is 0 Å². The summed E-state index contributed by atoms with van der Waals surface area (Å²) in [4.78, 5) is 4.47. The number of piperidine rings is 1. The molecule has 0 atom stereocenters. The van der Waals surface area contributed by atoms with Crippen molar-refractivity contribution >= 4 is 16.7 Å². The van der Waals surface area contributed by atoms with E-state index in [-0.39, 0.29) is 0 Å². The van der Waals surface area contributed by atoms with Crippen molar-refractivity contribution in [3.63, 3.8) is 0 Å². The van der Waals surface area contributed by atoms with Crippen molar-refractivity contribution < 1.29 is 0 Å². The maximum absolute atomic E-state index is 4.47. The molecule has 1 aliphatic heterocycles. The van der Waals surface area contributed by atoms with E-state index >= 15 is 0 Å². The van der Waals surface area contributed by atoms with Gasteiger partial charge >= 0.3 is 0 Å². The minimum atomic E-state index is 0.422. The van der Waals surface area contributed by atoms with E-state index in [1.54, 1.807) is 0 Å². The normalized spacial score (nSPS) is 17.9. The van der Waals surface area contributed by atoms with Gasteiger partial charge in [0.1, 0.15) is 5.82 Å². The van der Waals surface area contributed by atoms with Crippen LogP contribution in [0.25, 0.3) is 0 Å². The van der Waals surface area contributed by atoms with Gasteiger partial charge in [0.05, 0.1) is 0 Å². The molecule has 0 saturated carbocycles. The molecule has 90 valence electrons. The molecule has 1 fully saturated rings. The van der Waals surface area contributed by atoms with Crippen molar-refractivity contribution in [1.82, 2.24) is 14.7 Å². The van der Waals surface area contributed by atoms with Crippen molar-refractivity contribution in [2.24, 2.45) is 5.92 Å². The molecular formula is C11H20N4S. The van der Waals surface area contributed by atoms with Crippen LogP contribution >= 0.6 is 11.5 Å². The minimum absolute atomic E-state index is 0.422. The molecule has 0 amide bonds. The van der Waals surface area contributed by atoms with Crippen molar-refractivity contribution in [1.29, 1.82) is 0 Å². The Morgan fingerprint density at radius 3 is 2.81 bits per heavy atom. The molecule has 2 rings (SSSR count). The molecule has 5 heteroatoms. The smallest absolute Gasteiger partial charge is 0.202 e. The summed E-state index contributed by atoms with van der Waals surface area (Å²) in [5, 5.41) is 7.76. The summed E-state index contributed by atoms with van der Waals surface area (Å²) in [5.41, 5.74) is 0. The molecule has 4 nitrogen and oxygen atoms in total. The first-order valence-corrected chi connectivity index (χ1v) is 6.81. The highest BCUT2D eigenvalue weighted by molar-refractivity contribution is 7.09. The molecule has 2 N–H and O–H groups in total. The van der Waals surface area contributed by atoms with Gasteiger partial charge in [-0.05, 0) is 31.8 Å². The van der Waals surface area contributed by atoms with Gasteiger partial charge < -0.3 is 10.6 Å². The molecule has 1 aromatic rings. The van der Waals surface area contributed by atoms with Crippen LogP contribution in [-0.2, 0) is 0 Å². The Hall–Kier alpha value is -0.680. The van der Waals surface area contributed by atoms with Gasteiger partial charge in [0.15, 0.2) is 0 Å². The second kappa shape index (κ2) is 5.59. The minimum Gasteiger partial charge on any atom is -0.360 e. The maximum Gasteiger partial charge on any atom is 0.202 e. The Kier molecular flexibility index (Phi) is 4.12. The summed E-state index contributed by atoms with van der Waals surface area (Å²) in [5.74, 6) is 2.16. The van der Waals surface area contributed by atoms with Crippen LogP contribution < -0.4 is 10.6 Å². The lowest BCUT2D eigenvalue weighted by atomic mass is 9.98. The molecule has 0 aromatic carbocycles. The molecule has 1 aromatic heterocycles. The first-order chi connectivity index (χ1) is 7.75. The molecule has 0 spiro atoms. The Balaban J connectivity index is 1.79. The monoisotopic (exact) mass is 240 g/mol. The SMILES string of the molecule is CC(C)c1nsc(NCC2CCNCC2)n1. The highest BCUT2D eigenvalue weighted by atomic mass is 32.1. The van der Waals surface area contributed by atoms with Crippen LogP contribution in [0.2, 0.25) is 0 Å². The second-order valence-corrected chi connectivity index (χ2v) is 5.44. The molecule has 16 heavy (non-hydrogen) atoms. The number of hydrogen-bond acceptors (Lipinski definition) is 5. The van der Waals surface area contributed by atoms with E-state index in [0.29, 0.717) is 5.92 Å². The van der Waals surface area contributed by atoms with E-state index in [1.165, 1.54) is 24.4 Å². The molecule has 0 unspecified atom stereocenters. The Labute approximate surface area is 101 Å². The van der Waals surface area contributed by atoms with Crippen LogP contribution in [0.5, 0.6) is 0 Å². The van der Waals surface area contributed by atoms with E-state index in [2.05, 4.69) is 33.8 Å². The van der Waals surface area contributed by atoms with Crippen LogP contribution in [-0.4, -0.2) is 29.0 Å². The predicted molar refractivity (Wildman–Crippen MR) is 68.1 cm³/mol. The summed E-state index contributed by atoms with van der Waals surface area (Å²) in [6.07, 6.45) is 2.53. The third kappa shape index (κ3) is 3.15. The highest BCUT2D eigenvalue weighted by Crippen LogP contribution is 2.19. The molecule has 0 aliphatic carbocycles. The van der Waals surface area contributed by atoms with Crippen LogP contribution in [0.4, 0.5) is 5.13 Å². The summed E-state index contributed by atoms with van der Waals surface area (Å²) in [6, 6.07) is 0. The van der Waals surface area contributed by atoms with Gasteiger partial charge in [0, 0.05) is 24.0 Å². The summed E-state index contributed by atoms with van der Waals surface area (Å²) < 4.78 is 4.34. The standard InChI is InChI=1S/C11H20N4S/c1-8(2)10-14-11(16-15-10)13-7-9-3-5-12-6-4-9/h8-9,12H,3-7H2,1-2H3,(H,13,14,15). The second-order valence-electron chi connectivity index (χ2n) is 4.69. The Morgan fingerprint density at radius 1 is 1.44 bits per heavy atom. The first-order valence-electron chi connectivity index (χ1n) is 6.04. The third-order valence-corrected chi connectivity index (χ3v) is 3.65. The van der Waals surface area contributed by atoms with Gasteiger partial charge in [-0.1, -0.05) is 13.8 Å². The number of rotatable bonds is 4. The zero-order chi connectivity index (χ0) is 11.4. The van der Waals surface area contributed by atoms with Gasteiger partial charge in [0.25, 0.3) is 0 Å². The van der Waals surface area contributed by atoms with Crippen molar-refractivity contribution in [3.05, 3.63) is 5.82 Å². The third-order valence-electron chi connectivity index (χ3n) is 2.96. The lowest BCUT2D eigenvalue weighted by molar-refractivity contribution is 0.390. The molecule has 0 radical (unpaired) electrons. The van der Waals surface area contributed by atoms with Crippen LogP contribution in [0, 0.1) is 5.92 Å². The van der Waals surface area contributed by atoms with Crippen molar-refractivity contribution in [3.8, 4) is 0 Å². The van der Waals surface area contributed by atoms with E-state index in [9.17, 15) is 0 Å². The fourth-order valence-electron chi connectivity index (χ4n) is 1.86. The topological polar surface area (TPSA) is 49.8 Å². The van der Waals surface area contributed by atoms with Crippen LogP contribution in [0.15, 0.2) is 0 Å². The molecule has 0 bridgehead atoms. The Morgan fingerprint density at radius 2 is 2.19 bits per heavy atom. The zero-order valence-corrected chi connectivity index (χ0v) is 10.8. The van der Waals surface area contributed by atoms with Crippen molar-refractivity contribution in [2.45, 2.75) is 32.6 Å².